The highest BCUT2D eigenvalue weighted by Gasteiger charge is 2.14. The molecule has 1 aromatic rings. The third-order valence-corrected chi connectivity index (χ3v) is 3.07. The summed E-state index contributed by atoms with van der Waals surface area (Å²) in [5, 5.41) is 21.6. The normalized spacial score (nSPS) is 9.90. The predicted octanol–water partition coefficient (Wildman–Crippen LogP) is 2.30. The van der Waals surface area contributed by atoms with Crippen molar-refractivity contribution in [3.63, 3.8) is 0 Å². The molecular weight excluding hydrogens is 334 g/mol. The second-order valence-corrected chi connectivity index (χ2v) is 4.77. The zero-order valence-corrected chi connectivity index (χ0v) is 12.1. The van der Waals surface area contributed by atoms with Gasteiger partial charge < -0.3 is 15.3 Å². The number of amides is 2. The first-order valence-electron chi connectivity index (χ1n) is 5.49. The molecule has 0 unspecified atom stereocenters. The monoisotopic (exact) mass is 345 g/mol. The van der Waals surface area contributed by atoms with Crippen LogP contribution in [0.4, 0.5) is 16.2 Å². The van der Waals surface area contributed by atoms with Gasteiger partial charge in [-0.25, -0.2) is 4.79 Å². The summed E-state index contributed by atoms with van der Waals surface area (Å²) in [6.45, 7) is 0.0613. The van der Waals surface area contributed by atoms with E-state index in [0.29, 0.717) is 10.2 Å². The number of non-ortho nitro benzene ring substituents is 1. The fraction of sp³-hybridized carbons (Fsp3) is 0.273. The first-order chi connectivity index (χ1) is 9.31. The van der Waals surface area contributed by atoms with Gasteiger partial charge in [0, 0.05) is 30.2 Å². The van der Waals surface area contributed by atoms with Crippen molar-refractivity contribution in [1.82, 2.24) is 4.90 Å². The first kappa shape index (κ1) is 15.9. The van der Waals surface area contributed by atoms with Crippen molar-refractivity contribution >= 4 is 39.3 Å². The van der Waals surface area contributed by atoms with Crippen molar-refractivity contribution < 1.29 is 19.6 Å². The topological polar surface area (TPSA) is 113 Å². The van der Waals surface area contributed by atoms with E-state index in [-0.39, 0.29) is 18.7 Å². The molecule has 0 fully saturated rings. The number of urea groups is 1. The van der Waals surface area contributed by atoms with Gasteiger partial charge in [-0.1, -0.05) is 0 Å². The van der Waals surface area contributed by atoms with Crippen molar-refractivity contribution in [2.75, 3.05) is 18.9 Å². The summed E-state index contributed by atoms with van der Waals surface area (Å²) < 4.78 is 0.367. The first-order valence-corrected chi connectivity index (χ1v) is 6.28. The molecule has 0 bridgehead atoms. The second kappa shape index (κ2) is 6.85. The highest BCUT2D eigenvalue weighted by molar-refractivity contribution is 9.10. The largest absolute Gasteiger partial charge is 0.481 e. The number of nitrogens with zero attached hydrogens (tertiary/aromatic N) is 2. The number of benzene rings is 1. The molecule has 20 heavy (non-hydrogen) atoms. The summed E-state index contributed by atoms with van der Waals surface area (Å²) in [7, 11) is 1.46. The van der Waals surface area contributed by atoms with E-state index in [1.54, 1.807) is 0 Å². The lowest BCUT2D eigenvalue weighted by atomic mass is 10.3. The molecule has 8 nitrogen and oxygen atoms in total. The van der Waals surface area contributed by atoms with Gasteiger partial charge in [-0.3, -0.25) is 14.9 Å². The minimum Gasteiger partial charge on any atom is -0.481 e. The van der Waals surface area contributed by atoms with Gasteiger partial charge in [0.1, 0.15) is 0 Å². The quantitative estimate of drug-likeness (QED) is 0.627. The lowest BCUT2D eigenvalue weighted by Gasteiger charge is -2.17. The third kappa shape index (κ3) is 4.50. The zero-order valence-electron chi connectivity index (χ0n) is 10.5. The molecule has 0 aliphatic carbocycles. The minimum absolute atomic E-state index is 0.0613. The number of carboxylic acids is 1. The van der Waals surface area contributed by atoms with E-state index in [9.17, 15) is 19.7 Å². The number of carbonyl (C=O) groups excluding carboxylic acids is 1. The van der Waals surface area contributed by atoms with E-state index in [0.717, 1.165) is 0 Å². The van der Waals surface area contributed by atoms with Gasteiger partial charge in [0.15, 0.2) is 0 Å². The molecule has 9 heteroatoms. The summed E-state index contributed by atoms with van der Waals surface area (Å²) in [6, 6.07) is 3.43. The molecule has 0 saturated carbocycles. The van der Waals surface area contributed by atoms with Gasteiger partial charge in [-0.2, -0.15) is 0 Å². The molecule has 0 spiro atoms. The SMILES string of the molecule is CN(CCC(=O)O)C(=O)Nc1ccc([N+](=O)[O-])cc1Br. The summed E-state index contributed by atoms with van der Waals surface area (Å²) in [5.74, 6) is -0.999. The van der Waals surface area contributed by atoms with Crippen LogP contribution < -0.4 is 5.32 Å². The number of aliphatic carboxylic acids is 1. The van der Waals surface area contributed by atoms with Crippen LogP contribution in [0.5, 0.6) is 0 Å². The average Bonchev–Trinajstić information content (AvgIpc) is 2.37. The van der Waals surface area contributed by atoms with Gasteiger partial charge in [0.2, 0.25) is 0 Å². The molecule has 0 aromatic heterocycles. The van der Waals surface area contributed by atoms with Crippen molar-refractivity contribution in [3.8, 4) is 0 Å². The Morgan fingerprint density at radius 2 is 2.15 bits per heavy atom. The molecule has 0 aliphatic heterocycles. The van der Waals surface area contributed by atoms with Crippen molar-refractivity contribution in [2.24, 2.45) is 0 Å². The third-order valence-electron chi connectivity index (χ3n) is 2.41. The Labute approximate surface area is 122 Å². The molecule has 0 aliphatic rings. The fourth-order valence-corrected chi connectivity index (χ4v) is 1.76. The Hall–Kier alpha value is -2.16. The Morgan fingerprint density at radius 3 is 2.65 bits per heavy atom. The second-order valence-electron chi connectivity index (χ2n) is 3.92. The Kier molecular flexibility index (Phi) is 5.44. The number of hydrogen-bond donors (Lipinski definition) is 2. The number of rotatable bonds is 5. The van der Waals surface area contributed by atoms with E-state index in [1.807, 2.05) is 0 Å². The van der Waals surface area contributed by atoms with Gasteiger partial charge >= 0.3 is 12.0 Å². The molecule has 108 valence electrons. The molecule has 1 aromatic carbocycles. The van der Waals surface area contributed by atoms with E-state index in [2.05, 4.69) is 21.2 Å². The van der Waals surface area contributed by atoms with Crippen LogP contribution in [0.25, 0.3) is 0 Å². The number of nitro groups is 1. The number of carbonyl (C=O) groups is 2. The van der Waals surface area contributed by atoms with Crippen molar-refractivity contribution in [1.29, 1.82) is 0 Å². The van der Waals surface area contributed by atoms with Crippen LogP contribution in [0.2, 0.25) is 0 Å². The number of anilines is 1. The molecule has 0 radical (unpaired) electrons. The maximum Gasteiger partial charge on any atom is 0.321 e. The lowest BCUT2D eigenvalue weighted by molar-refractivity contribution is -0.384. The smallest absolute Gasteiger partial charge is 0.321 e. The maximum absolute atomic E-state index is 11.8. The summed E-state index contributed by atoms with van der Waals surface area (Å²) >= 11 is 3.12. The van der Waals surface area contributed by atoms with Crippen LogP contribution in [-0.4, -0.2) is 40.5 Å². The fourth-order valence-electron chi connectivity index (χ4n) is 1.29. The number of nitro benzene ring substituents is 1. The standard InChI is InChI=1S/C11H12BrN3O5/c1-14(5-4-10(16)17)11(18)13-9-3-2-7(15(19)20)6-8(9)12/h2-3,6H,4-5H2,1H3,(H,13,18)(H,16,17). The Bertz CT molecular complexity index is 549. The summed E-state index contributed by atoms with van der Waals surface area (Å²) in [4.78, 5) is 33.4. The molecule has 1 rings (SSSR count). The number of halogens is 1. The summed E-state index contributed by atoms with van der Waals surface area (Å²) in [5.41, 5.74) is 0.261. The highest BCUT2D eigenvalue weighted by atomic mass is 79.9. The zero-order chi connectivity index (χ0) is 15.3. The number of hydrogen-bond acceptors (Lipinski definition) is 4. The number of carboxylic acid groups (broad SMARTS) is 1. The molecule has 0 saturated heterocycles. The van der Waals surface area contributed by atoms with E-state index in [4.69, 9.17) is 5.11 Å². The predicted molar refractivity (Wildman–Crippen MR) is 74.7 cm³/mol. The van der Waals surface area contributed by atoms with Gasteiger partial charge in [-0.15, -0.1) is 0 Å². The molecule has 0 heterocycles. The lowest BCUT2D eigenvalue weighted by Crippen LogP contribution is -2.33. The number of nitrogens with one attached hydrogen (secondary N) is 1. The molecule has 0 atom stereocenters. The highest BCUT2D eigenvalue weighted by Crippen LogP contribution is 2.27. The maximum atomic E-state index is 11.8. The van der Waals surface area contributed by atoms with Gasteiger partial charge in [0.25, 0.3) is 5.69 Å². The van der Waals surface area contributed by atoms with E-state index >= 15 is 0 Å². The van der Waals surface area contributed by atoms with E-state index in [1.165, 1.54) is 30.1 Å². The molecule has 2 amide bonds. The van der Waals surface area contributed by atoms with Crippen LogP contribution in [0.3, 0.4) is 0 Å². The van der Waals surface area contributed by atoms with Crippen LogP contribution in [-0.2, 0) is 4.79 Å². The molecule has 2 N–H and O–H groups in total. The Balaban J connectivity index is 2.70. The average molecular weight is 346 g/mol. The van der Waals surface area contributed by atoms with Gasteiger partial charge in [0.05, 0.1) is 17.0 Å². The van der Waals surface area contributed by atoms with Crippen molar-refractivity contribution in [3.05, 3.63) is 32.8 Å². The summed E-state index contributed by atoms with van der Waals surface area (Å²) in [6.07, 6.45) is -0.161. The Morgan fingerprint density at radius 1 is 1.50 bits per heavy atom. The minimum atomic E-state index is -0.999. The van der Waals surface area contributed by atoms with Gasteiger partial charge in [-0.05, 0) is 22.0 Å². The van der Waals surface area contributed by atoms with Crippen LogP contribution in [0.15, 0.2) is 22.7 Å². The van der Waals surface area contributed by atoms with Crippen molar-refractivity contribution in [2.45, 2.75) is 6.42 Å². The molecular formula is C11H12BrN3O5. The van der Waals surface area contributed by atoms with Crippen LogP contribution in [0.1, 0.15) is 6.42 Å². The van der Waals surface area contributed by atoms with E-state index < -0.39 is 16.9 Å². The van der Waals surface area contributed by atoms with Crippen LogP contribution >= 0.6 is 15.9 Å². The van der Waals surface area contributed by atoms with Crippen LogP contribution in [0, 0.1) is 10.1 Å².